The molecule has 0 aliphatic carbocycles. The second-order valence-corrected chi connectivity index (χ2v) is 1.41. The molecule has 10 heavy (non-hydrogen) atoms. The molecule has 0 spiro atoms. The van der Waals surface area contributed by atoms with Gasteiger partial charge in [-0.1, -0.05) is 0 Å². The Labute approximate surface area is 97.1 Å². The van der Waals surface area contributed by atoms with E-state index in [1.807, 2.05) is 0 Å². The van der Waals surface area contributed by atoms with Gasteiger partial charge in [-0.25, -0.2) is 0 Å². The Kier molecular flexibility index (Phi) is 8.11. The maximum Gasteiger partial charge on any atom is 2.00 e. The van der Waals surface area contributed by atoms with Crippen LogP contribution in [-0.2, 0) is 9.59 Å². The molecule has 0 amide bonds. The van der Waals surface area contributed by atoms with Gasteiger partial charge in [0.1, 0.15) is 0 Å². The summed E-state index contributed by atoms with van der Waals surface area (Å²) < 4.78 is 0. The number of aliphatic carboxylic acids is 2. The molecule has 0 aromatic rings. The summed E-state index contributed by atoms with van der Waals surface area (Å²) in [5, 5.41) is 27.3. The van der Waals surface area contributed by atoms with Crippen LogP contribution in [0.3, 0.4) is 0 Å². The molecule has 0 aromatic carbocycles. The van der Waals surface area contributed by atoms with Crippen molar-refractivity contribution in [2.75, 3.05) is 0 Å². The molecule has 1 atom stereocenters. The first-order valence-electron chi connectivity index (χ1n) is 2.13. The Morgan fingerprint density at radius 2 is 1.80 bits per heavy atom. The standard InChI is InChI=1S/C4H6O5.Ba/c5-2(4(8)9)1-3(6)7;/h2,5H,1H2,(H,6,7)(H,8,9);/q;+2/p-2. The zero-order valence-electron chi connectivity index (χ0n) is 5.07. The molecule has 0 saturated carbocycles. The molecule has 0 bridgehead atoms. The molecule has 0 aliphatic rings. The summed E-state index contributed by atoms with van der Waals surface area (Å²) in [4.78, 5) is 19.1. The van der Waals surface area contributed by atoms with Crippen molar-refractivity contribution in [1.29, 1.82) is 0 Å². The number of aliphatic hydroxyl groups excluding tert-OH is 1. The quantitative estimate of drug-likeness (QED) is 0.524. The molecule has 0 rings (SSSR count). The maximum atomic E-state index is 9.58. The minimum Gasteiger partial charge on any atom is -0.550 e. The number of carbonyl (C=O) groups is 2. The Hall–Kier alpha value is 0.471. The van der Waals surface area contributed by atoms with E-state index in [0.717, 1.165) is 0 Å². The smallest absolute Gasteiger partial charge is 0.550 e. The number of hydrogen-bond donors (Lipinski definition) is 1. The van der Waals surface area contributed by atoms with Crippen LogP contribution in [0.5, 0.6) is 0 Å². The van der Waals surface area contributed by atoms with Crippen LogP contribution in [0, 0.1) is 0 Å². The molecule has 0 aliphatic heterocycles. The molecular weight excluding hydrogens is 265 g/mol. The predicted octanol–water partition coefficient (Wildman–Crippen LogP) is -4.14. The van der Waals surface area contributed by atoms with Gasteiger partial charge in [-0.15, -0.1) is 0 Å². The zero-order chi connectivity index (χ0) is 7.44. The molecule has 0 fully saturated rings. The van der Waals surface area contributed by atoms with E-state index in [-0.39, 0.29) is 48.9 Å². The van der Waals surface area contributed by atoms with Crippen molar-refractivity contribution in [1.82, 2.24) is 0 Å². The molecule has 0 heterocycles. The van der Waals surface area contributed by atoms with Crippen molar-refractivity contribution >= 4 is 60.8 Å². The largest absolute Gasteiger partial charge is 2.00 e. The number of carboxylic acids is 2. The zero-order valence-corrected chi connectivity index (χ0v) is 9.51. The molecule has 0 radical (unpaired) electrons. The van der Waals surface area contributed by atoms with E-state index >= 15 is 0 Å². The Morgan fingerprint density at radius 1 is 1.40 bits per heavy atom. The van der Waals surface area contributed by atoms with Gasteiger partial charge in [0.15, 0.2) is 0 Å². The van der Waals surface area contributed by atoms with Gasteiger partial charge in [0, 0.05) is 12.4 Å². The van der Waals surface area contributed by atoms with Crippen molar-refractivity contribution in [3.8, 4) is 0 Å². The third-order valence-electron chi connectivity index (χ3n) is 0.632. The van der Waals surface area contributed by atoms with Crippen molar-refractivity contribution < 1.29 is 24.9 Å². The van der Waals surface area contributed by atoms with Crippen LogP contribution in [0.15, 0.2) is 0 Å². The summed E-state index contributed by atoms with van der Waals surface area (Å²) in [6.07, 6.45) is -2.89. The average Bonchev–Trinajstić information content (AvgIpc) is 1.63. The average molecular weight is 269 g/mol. The van der Waals surface area contributed by atoms with E-state index < -0.39 is 24.5 Å². The van der Waals surface area contributed by atoms with Gasteiger partial charge in [-0.05, 0) is 0 Å². The molecule has 0 saturated heterocycles. The number of aliphatic hydroxyl groups is 1. The second kappa shape index (κ2) is 6.20. The first-order valence-corrected chi connectivity index (χ1v) is 2.13. The van der Waals surface area contributed by atoms with Crippen LogP contribution in [-0.4, -0.2) is 72.0 Å². The van der Waals surface area contributed by atoms with Crippen molar-refractivity contribution in [2.45, 2.75) is 12.5 Å². The van der Waals surface area contributed by atoms with Gasteiger partial charge in [0.05, 0.1) is 12.1 Å². The van der Waals surface area contributed by atoms with Gasteiger partial charge in [-0.2, -0.15) is 0 Å². The predicted molar refractivity (Wildman–Crippen MR) is 26.4 cm³/mol. The minimum atomic E-state index is -1.96. The van der Waals surface area contributed by atoms with Gasteiger partial charge >= 0.3 is 48.9 Å². The fraction of sp³-hybridized carbons (Fsp3) is 0.500. The van der Waals surface area contributed by atoms with E-state index in [0.29, 0.717) is 0 Å². The van der Waals surface area contributed by atoms with Crippen LogP contribution in [0.1, 0.15) is 6.42 Å². The summed E-state index contributed by atoms with van der Waals surface area (Å²) in [5.74, 6) is -3.43. The summed E-state index contributed by atoms with van der Waals surface area (Å²) in [6, 6.07) is 0. The summed E-state index contributed by atoms with van der Waals surface area (Å²) in [6.45, 7) is 0. The molecule has 5 nitrogen and oxygen atoms in total. The van der Waals surface area contributed by atoms with Gasteiger partial charge in [0.25, 0.3) is 0 Å². The summed E-state index contributed by atoms with van der Waals surface area (Å²) in [5.41, 5.74) is 0. The third kappa shape index (κ3) is 6.59. The molecule has 0 aromatic heterocycles. The molecule has 6 heteroatoms. The fourth-order valence-corrected chi connectivity index (χ4v) is 0.241. The first kappa shape index (κ1) is 13.1. The van der Waals surface area contributed by atoms with Gasteiger partial charge in [-0.3, -0.25) is 0 Å². The third-order valence-corrected chi connectivity index (χ3v) is 0.632. The van der Waals surface area contributed by atoms with Crippen LogP contribution in [0.2, 0.25) is 0 Å². The SMILES string of the molecule is O=C([O-])CC(O)C(=O)[O-].[Ba+2]. The number of carbonyl (C=O) groups excluding carboxylic acids is 2. The summed E-state index contributed by atoms with van der Waals surface area (Å²) >= 11 is 0. The second-order valence-electron chi connectivity index (χ2n) is 1.41. The summed E-state index contributed by atoms with van der Waals surface area (Å²) in [7, 11) is 0. The fourth-order valence-electron chi connectivity index (χ4n) is 0.241. The minimum absolute atomic E-state index is 0. The van der Waals surface area contributed by atoms with Crippen molar-refractivity contribution in [3.05, 3.63) is 0 Å². The molecule has 1 N–H and O–H groups in total. The van der Waals surface area contributed by atoms with E-state index in [2.05, 4.69) is 0 Å². The van der Waals surface area contributed by atoms with Crippen LogP contribution >= 0.6 is 0 Å². The monoisotopic (exact) mass is 270 g/mol. The molecule has 52 valence electrons. The number of hydrogen-bond acceptors (Lipinski definition) is 5. The van der Waals surface area contributed by atoms with Crippen LogP contribution in [0.4, 0.5) is 0 Å². The number of carboxylic acid groups (broad SMARTS) is 2. The Balaban J connectivity index is 0. The van der Waals surface area contributed by atoms with Crippen LogP contribution in [0.25, 0.3) is 0 Å². The topological polar surface area (TPSA) is 100 Å². The van der Waals surface area contributed by atoms with E-state index in [1.54, 1.807) is 0 Å². The van der Waals surface area contributed by atoms with Crippen molar-refractivity contribution in [2.24, 2.45) is 0 Å². The molecular formula is C4H4BaO5. The molecule has 1 unspecified atom stereocenters. The maximum absolute atomic E-state index is 9.58. The number of rotatable bonds is 3. The van der Waals surface area contributed by atoms with E-state index in [1.165, 1.54) is 0 Å². The normalized spacial score (nSPS) is 11.3. The van der Waals surface area contributed by atoms with Gasteiger partial charge < -0.3 is 24.9 Å². The van der Waals surface area contributed by atoms with Crippen molar-refractivity contribution in [3.63, 3.8) is 0 Å². The van der Waals surface area contributed by atoms with E-state index in [9.17, 15) is 19.8 Å². The van der Waals surface area contributed by atoms with E-state index in [4.69, 9.17) is 5.11 Å². The Morgan fingerprint density at radius 3 is 1.90 bits per heavy atom. The van der Waals surface area contributed by atoms with Gasteiger partial charge in [0.2, 0.25) is 0 Å². The first-order chi connectivity index (χ1) is 4.04. The van der Waals surface area contributed by atoms with Crippen LogP contribution < -0.4 is 10.2 Å². The Bertz CT molecular complexity index is 134.